The van der Waals surface area contributed by atoms with Gasteiger partial charge < -0.3 is 10.2 Å². The first kappa shape index (κ1) is 14.0. The van der Waals surface area contributed by atoms with Gasteiger partial charge in [0.15, 0.2) is 0 Å². The lowest BCUT2D eigenvalue weighted by molar-refractivity contribution is 0.658. The van der Waals surface area contributed by atoms with E-state index in [9.17, 15) is 0 Å². The Balaban J connectivity index is 1.64. The fraction of sp³-hybridized carbons (Fsp3) is 0.471. The van der Waals surface area contributed by atoms with E-state index in [1.165, 1.54) is 37.2 Å². The van der Waals surface area contributed by atoms with E-state index in [1.807, 2.05) is 10.9 Å². The molecular formula is C17H24N4. The lowest BCUT2D eigenvalue weighted by Gasteiger charge is -2.19. The van der Waals surface area contributed by atoms with Crippen molar-refractivity contribution in [1.82, 2.24) is 9.78 Å². The number of anilines is 2. The standard InChI is InChI=1S/C17H24N4/c1-3-21-13-15(12-18-21)14(2)19-16-6-8-17(9-7-16)20-10-4-5-11-20/h6-9,12-14,19H,3-5,10-11H2,1-2H3. The molecule has 0 aliphatic carbocycles. The van der Waals surface area contributed by atoms with Crippen molar-refractivity contribution in [2.45, 2.75) is 39.3 Å². The number of nitrogens with zero attached hydrogens (tertiary/aromatic N) is 3. The van der Waals surface area contributed by atoms with E-state index in [1.54, 1.807) is 0 Å². The van der Waals surface area contributed by atoms with Gasteiger partial charge in [0.05, 0.1) is 12.2 Å². The Bertz CT molecular complexity index is 567. The maximum Gasteiger partial charge on any atom is 0.0542 e. The number of nitrogens with one attached hydrogen (secondary N) is 1. The summed E-state index contributed by atoms with van der Waals surface area (Å²) in [7, 11) is 0. The van der Waals surface area contributed by atoms with E-state index in [-0.39, 0.29) is 6.04 Å². The van der Waals surface area contributed by atoms with Crippen LogP contribution in [0.5, 0.6) is 0 Å². The van der Waals surface area contributed by atoms with Crippen LogP contribution >= 0.6 is 0 Å². The Morgan fingerprint density at radius 3 is 2.52 bits per heavy atom. The molecule has 1 unspecified atom stereocenters. The summed E-state index contributed by atoms with van der Waals surface area (Å²) in [5.41, 5.74) is 3.72. The third-order valence-electron chi connectivity index (χ3n) is 4.20. The van der Waals surface area contributed by atoms with Gasteiger partial charge in [-0.25, -0.2) is 0 Å². The van der Waals surface area contributed by atoms with Crippen LogP contribution in [-0.2, 0) is 6.54 Å². The molecular weight excluding hydrogens is 260 g/mol. The zero-order valence-electron chi connectivity index (χ0n) is 12.9. The predicted octanol–water partition coefficient (Wildman–Crippen LogP) is 3.68. The maximum absolute atomic E-state index is 4.33. The first-order valence-corrected chi connectivity index (χ1v) is 7.90. The second kappa shape index (κ2) is 6.20. The molecule has 1 atom stereocenters. The van der Waals surface area contributed by atoms with Gasteiger partial charge in [0.2, 0.25) is 0 Å². The number of hydrogen-bond acceptors (Lipinski definition) is 3. The highest BCUT2D eigenvalue weighted by molar-refractivity contribution is 5.56. The van der Waals surface area contributed by atoms with Gasteiger partial charge in [-0.05, 0) is 51.0 Å². The largest absolute Gasteiger partial charge is 0.378 e. The monoisotopic (exact) mass is 284 g/mol. The van der Waals surface area contributed by atoms with E-state index in [0.29, 0.717) is 0 Å². The molecule has 4 nitrogen and oxygen atoms in total. The fourth-order valence-corrected chi connectivity index (χ4v) is 2.85. The van der Waals surface area contributed by atoms with Crippen LogP contribution in [0.4, 0.5) is 11.4 Å². The summed E-state index contributed by atoms with van der Waals surface area (Å²) < 4.78 is 1.96. The Hall–Kier alpha value is -1.97. The van der Waals surface area contributed by atoms with Crippen molar-refractivity contribution < 1.29 is 0 Å². The molecule has 0 amide bonds. The van der Waals surface area contributed by atoms with Crippen LogP contribution in [0.2, 0.25) is 0 Å². The molecule has 21 heavy (non-hydrogen) atoms. The van der Waals surface area contributed by atoms with Gasteiger partial charge in [0, 0.05) is 42.8 Å². The average molecular weight is 284 g/mol. The minimum absolute atomic E-state index is 0.267. The average Bonchev–Trinajstić information content (AvgIpc) is 3.19. The van der Waals surface area contributed by atoms with Crippen LogP contribution in [0.1, 0.15) is 38.3 Å². The second-order valence-electron chi connectivity index (χ2n) is 5.74. The van der Waals surface area contributed by atoms with Gasteiger partial charge in [0.1, 0.15) is 0 Å². The number of aromatic nitrogens is 2. The Morgan fingerprint density at radius 2 is 1.90 bits per heavy atom. The lowest BCUT2D eigenvalue weighted by atomic mass is 10.1. The number of hydrogen-bond donors (Lipinski definition) is 1. The SMILES string of the molecule is CCn1cc(C(C)Nc2ccc(N3CCCC3)cc2)cn1. The zero-order valence-corrected chi connectivity index (χ0v) is 12.9. The van der Waals surface area contributed by atoms with Gasteiger partial charge in [-0.15, -0.1) is 0 Å². The highest BCUT2D eigenvalue weighted by Crippen LogP contribution is 2.24. The predicted molar refractivity (Wildman–Crippen MR) is 87.8 cm³/mol. The van der Waals surface area contributed by atoms with Crippen LogP contribution in [-0.4, -0.2) is 22.9 Å². The van der Waals surface area contributed by atoms with Crippen molar-refractivity contribution in [3.63, 3.8) is 0 Å². The molecule has 1 fully saturated rings. The van der Waals surface area contributed by atoms with E-state index >= 15 is 0 Å². The summed E-state index contributed by atoms with van der Waals surface area (Å²) in [5, 5.41) is 7.88. The maximum atomic E-state index is 4.33. The summed E-state index contributed by atoms with van der Waals surface area (Å²) in [4.78, 5) is 2.46. The summed E-state index contributed by atoms with van der Waals surface area (Å²) in [6.07, 6.45) is 6.69. The Morgan fingerprint density at radius 1 is 1.19 bits per heavy atom. The van der Waals surface area contributed by atoms with Gasteiger partial charge in [-0.1, -0.05) is 0 Å². The van der Waals surface area contributed by atoms with Gasteiger partial charge in [-0.2, -0.15) is 5.10 Å². The third-order valence-corrected chi connectivity index (χ3v) is 4.20. The zero-order chi connectivity index (χ0) is 14.7. The first-order chi connectivity index (χ1) is 10.3. The molecule has 1 aliphatic heterocycles. The highest BCUT2D eigenvalue weighted by atomic mass is 15.3. The molecule has 2 aromatic rings. The number of aryl methyl sites for hydroxylation is 1. The molecule has 112 valence electrons. The minimum Gasteiger partial charge on any atom is -0.378 e. The molecule has 1 aromatic carbocycles. The van der Waals surface area contributed by atoms with Crippen LogP contribution in [0, 0.1) is 0 Å². The Labute approximate surface area is 126 Å². The van der Waals surface area contributed by atoms with E-state index in [2.05, 4.69) is 59.6 Å². The summed E-state index contributed by atoms with van der Waals surface area (Å²) in [6, 6.07) is 9.05. The summed E-state index contributed by atoms with van der Waals surface area (Å²) in [6.45, 7) is 7.58. The molecule has 1 aliphatic rings. The Kier molecular flexibility index (Phi) is 4.13. The van der Waals surface area contributed by atoms with Crippen LogP contribution in [0.25, 0.3) is 0 Å². The van der Waals surface area contributed by atoms with Crippen molar-refractivity contribution in [1.29, 1.82) is 0 Å². The van der Waals surface area contributed by atoms with Crippen molar-refractivity contribution in [3.05, 3.63) is 42.2 Å². The lowest BCUT2D eigenvalue weighted by Crippen LogP contribution is -2.17. The van der Waals surface area contributed by atoms with E-state index in [0.717, 1.165) is 12.2 Å². The molecule has 3 rings (SSSR count). The third kappa shape index (κ3) is 3.20. The molecule has 0 saturated carbocycles. The molecule has 2 heterocycles. The van der Waals surface area contributed by atoms with Gasteiger partial charge in [-0.3, -0.25) is 4.68 Å². The topological polar surface area (TPSA) is 33.1 Å². The smallest absolute Gasteiger partial charge is 0.0542 e. The van der Waals surface area contributed by atoms with Crippen LogP contribution in [0.15, 0.2) is 36.7 Å². The van der Waals surface area contributed by atoms with E-state index < -0.39 is 0 Å². The van der Waals surface area contributed by atoms with Crippen molar-refractivity contribution in [2.75, 3.05) is 23.3 Å². The number of rotatable bonds is 5. The van der Waals surface area contributed by atoms with Crippen molar-refractivity contribution >= 4 is 11.4 Å². The fourth-order valence-electron chi connectivity index (χ4n) is 2.85. The minimum atomic E-state index is 0.267. The molecule has 0 bridgehead atoms. The van der Waals surface area contributed by atoms with Crippen molar-refractivity contribution in [3.8, 4) is 0 Å². The van der Waals surface area contributed by atoms with Crippen LogP contribution in [0.3, 0.4) is 0 Å². The quantitative estimate of drug-likeness (QED) is 0.909. The van der Waals surface area contributed by atoms with Gasteiger partial charge in [0.25, 0.3) is 0 Å². The molecule has 0 radical (unpaired) electrons. The second-order valence-corrected chi connectivity index (χ2v) is 5.74. The van der Waals surface area contributed by atoms with Crippen molar-refractivity contribution in [2.24, 2.45) is 0 Å². The normalized spacial score (nSPS) is 16.2. The molecule has 1 N–H and O–H groups in total. The van der Waals surface area contributed by atoms with Crippen LogP contribution < -0.4 is 10.2 Å². The molecule has 1 aromatic heterocycles. The molecule has 0 spiro atoms. The summed E-state index contributed by atoms with van der Waals surface area (Å²) in [5.74, 6) is 0. The number of benzene rings is 1. The van der Waals surface area contributed by atoms with Gasteiger partial charge >= 0.3 is 0 Å². The highest BCUT2D eigenvalue weighted by Gasteiger charge is 2.12. The summed E-state index contributed by atoms with van der Waals surface area (Å²) >= 11 is 0. The molecule has 4 heteroatoms. The van der Waals surface area contributed by atoms with E-state index in [4.69, 9.17) is 0 Å². The molecule has 1 saturated heterocycles. The first-order valence-electron chi connectivity index (χ1n) is 7.90.